The summed E-state index contributed by atoms with van der Waals surface area (Å²) in [4.78, 5) is 0. The van der Waals surface area contributed by atoms with Crippen molar-refractivity contribution in [2.24, 2.45) is 0 Å². The predicted octanol–water partition coefficient (Wildman–Crippen LogP) is 1.38. The highest BCUT2D eigenvalue weighted by molar-refractivity contribution is 4.95. The molecule has 1 heterocycles. The summed E-state index contributed by atoms with van der Waals surface area (Å²) < 4.78 is 10.6. The molecule has 0 amide bonds. The minimum atomic E-state index is -0.535. The van der Waals surface area contributed by atoms with Crippen LogP contribution >= 0.6 is 0 Å². The number of aliphatic hydroxyl groups is 1. The molecule has 0 radical (unpaired) electrons. The number of hydrogen-bond donors (Lipinski definition) is 1. The second kappa shape index (κ2) is 3.13. The Kier molecular flexibility index (Phi) is 2.39. The van der Waals surface area contributed by atoms with E-state index in [1.54, 1.807) is 0 Å². The molecule has 0 aromatic rings. The summed E-state index contributed by atoms with van der Waals surface area (Å²) in [7, 11) is 0. The molecule has 1 aliphatic rings. The first-order valence-electron chi connectivity index (χ1n) is 3.87. The van der Waals surface area contributed by atoms with E-state index in [2.05, 4.69) is 6.92 Å². The van der Waals surface area contributed by atoms with E-state index in [1.165, 1.54) is 6.26 Å². The summed E-state index contributed by atoms with van der Waals surface area (Å²) in [6, 6.07) is 0. The first-order valence-corrected chi connectivity index (χ1v) is 3.87. The van der Waals surface area contributed by atoms with E-state index in [9.17, 15) is 0 Å². The van der Waals surface area contributed by atoms with Gasteiger partial charge in [-0.05, 0) is 6.42 Å². The second-order valence-corrected chi connectivity index (χ2v) is 2.85. The largest absolute Gasteiger partial charge is 0.457 e. The van der Waals surface area contributed by atoms with E-state index < -0.39 is 5.79 Å². The zero-order valence-corrected chi connectivity index (χ0v) is 6.96. The van der Waals surface area contributed by atoms with Crippen molar-refractivity contribution < 1.29 is 14.6 Å². The second-order valence-electron chi connectivity index (χ2n) is 2.85. The van der Waals surface area contributed by atoms with E-state index in [-0.39, 0.29) is 6.61 Å². The fourth-order valence-corrected chi connectivity index (χ4v) is 1.15. The van der Waals surface area contributed by atoms with Crippen LogP contribution in [0, 0.1) is 0 Å². The zero-order chi connectivity index (χ0) is 8.32. The van der Waals surface area contributed by atoms with E-state index >= 15 is 0 Å². The minimum Gasteiger partial charge on any atom is -0.457 e. The number of rotatable bonds is 3. The third-order valence-corrected chi connectivity index (χ3v) is 1.65. The van der Waals surface area contributed by atoms with Crippen molar-refractivity contribution >= 4 is 0 Å². The van der Waals surface area contributed by atoms with Gasteiger partial charge in [0, 0.05) is 13.3 Å². The van der Waals surface area contributed by atoms with E-state index in [0.29, 0.717) is 5.76 Å². The SMILES string of the molecule is CCCC1(C)OC=C(CO)O1. The van der Waals surface area contributed by atoms with Crippen molar-refractivity contribution in [1.29, 1.82) is 0 Å². The molecule has 64 valence electrons. The van der Waals surface area contributed by atoms with Gasteiger partial charge in [0.25, 0.3) is 0 Å². The summed E-state index contributed by atoms with van der Waals surface area (Å²) in [5.74, 6) is -0.0201. The topological polar surface area (TPSA) is 38.7 Å². The van der Waals surface area contributed by atoms with Crippen LogP contribution in [0.5, 0.6) is 0 Å². The quantitative estimate of drug-likeness (QED) is 0.674. The number of aliphatic hydroxyl groups excluding tert-OH is 1. The Morgan fingerprint density at radius 1 is 1.64 bits per heavy atom. The normalized spacial score (nSPS) is 29.2. The Morgan fingerprint density at radius 3 is 2.82 bits per heavy atom. The van der Waals surface area contributed by atoms with Crippen molar-refractivity contribution in [3.63, 3.8) is 0 Å². The molecule has 0 spiro atoms. The fourth-order valence-electron chi connectivity index (χ4n) is 1.15. The third kappa shape index (κ3) is 1.87. The predicted molar refractivity (Wildman–Crippen MR) is 40.7 cm³/mol. The first-order chi connectivity index (χ1) is 5.20. The van der Waals surface area contributed by atoms with Crippen molar-refractivity contribution in [2.45, 2.75) is 32.5 Å². The summed E-state index contributed by atoms with van der Waals surface area (Å²) >= 11 is 0. The van der Waals surface area contributed by atoms with Crippen LogP contribution in [-0.4, -0.2) is 17.5 Å². The molecule has 1 aliphatic heterocycles. The highest BCUT2D eigenvalue weighted by Crippen LogP contribution is 2.28. The van der Waals surface area contributed by atoms with E-state index in [0.717, 1.165) is 12.8 Å². The number of hydrogen-bond acceptors (Lipinski definition) is 3. The molecule has 1 unspecified atom stereocenters. The zero-order valence-electron chi connectivity index (χ0n) is 6.96. The minimum absolute atomic E-state index is 0.0840. The molecular formula is C8H14O3. The van der Waals surface area contributed by atoms with Gasteiger partial charge < -0.3 is 14.6 Å². The van der Waals surface area contributed by atoms with Crippen molar-refractivity contribution in [3.8, 4) is 0 Å². The lowest BCUT2D eigenvalue weighted by Crippen LogP contribution is -2.25. The monoisotopic (exact) mass is 158 g/mol. The van der Waals surface area contributed by atoms with Gasteiger partial charge in [-0.15, -0.1) is 0 Å². The summed E-state index contributed by atoms with van der Waals surface area (Å²) in [5.41, 5.74) is 0. The smallest absolute Gasteiger partial charge is 0.247 e. The van der Waals surface area contributed by atoms with Gasteiger partial charge >= 0.3 is 0 Å². The maximum atomic E-state index is 8.69. The Hall–Kier alpha value is -0.700. The molecule has 0 saturated heterocycles. The van der Waals surface area contributed by atoms with E-state index in [1.807, 2.05) is 6.92 Å². The average Bonchev–Trinajstić information content (AvgIpc) is 2.33. The Balaban J connectivity index is 2.43. The Labute approximate surface area is 66.6 Å². The highest BCUT2D eigenvalue weighted by Gasteiger charge is 2.31. The van der Waals surface area contributed by atoms with Crippen molar-refractivity contribution in [2.75, 3.05) is 6.61 Å². The molecule has 1 N–H and O–H groups in total. The van der Waals surface area contributed by atoms with Crippen LogP contribution in [0.1, 0.15) is 26.7 Å². The van der Waals surface area contributed by atoms with Gasteiger partial charge in [0.2, 0.25) is 5.79 Å². The molecule has 0 aromatic carbocycles. The van der Waals surface area contributed by atoms with Gasteiger partial charge in [-0.25, -0.2) is 0 Å². The van der Waals surface area contributed by atoms with Crippen LogP contribution < -0.4 is 0 Å². The van der Waals surface area contributed by atoms with Crippen LogP contribution in [0.25, 0.3) is 0 Å². The van der Waals surface area contributed by atoms with Gasteiger partial charge in [0.15, 0.2) is 5.76 Å². The summed E-state index contributed by atoms with van der Waals surface area (Å²) in [6.07, 6.45) is 3.33. The molecule has 0 bridgehead atoms. The van der Waals surface area contributed by atoms with Crippen molar-refractivity contribution in [3.05, 3.63) is 12.0 Å². The first kappa shape index (κ1) is 8.40. The lowest BCUT2D eigenvalue weighted by molar-refractivity contribution is -0.140. The van der Waals surface area contributed by atoms with Crippen molar-refractivity contribution in [1.82, 2.24) is 0 Å². The number of ether oxygens (including phenoxy) is 2. The molecule has 1 atom stereocenters. The van der Waals surface area contributed by atoms with Crippen LogP contribution in [0.3, 0.4) is 0 Å². The lowest BCUT2D eigenvalue weighted by Gasteiger charge is -2.22. The van der Waals surface area contributed by atoms with Crippen LogP contribution in [0.2, 0.25) is 0 Å². The third-order valence-electron chi connectivity index (χ3n) is 1.65. The van der Waals surface area contributed by atoms with Crippen LogP contribution in [-0.2, 0) is 9.47 Å². The summed E-state index contributed by atoms with van der Waals surface area (Å²) in [5, 5.41) is 8.69. The van der Waals surface area contributed by atoms with Gasteiger partial charge in [-0.2, -0.15) is 0 Å². The fraction of sp³-hybridized carbons (Fsp3) is 0.750. The standard InChI is InChI=1S/C8H14O3/c1-3-4-8(2)10-6-7(5-9)11-8/h6,9H,3-5H2,1-2H3. The maximum absolute atomic E-state index is 8.69. The Bertz CT molecular complexity index is 165. The molecular weight excluding hydrogens is 144 g/mol. The lowest BCUT2D eigenvalue weighted by atomic mass is 10.2. The molecule has 0 aliphatic carbocycles. The van der Waals surface area contributed by atoms with Crippen LogP contribution in [0.15, 0.2) is 12.0 Å². The van der Waals surface area contributed by atoms with Crippen LogP contribution in [0.4, 0.5) is 0 Å². The van der Waals surface area contributed by atoms with E-state index in [4.69, 9.17) is 14.6 Å². The van der Waals surface area contributed by atoms with Gasteiger partial charge in [-0.3, -0.25) is 0 Å². The molecule has 0 aromatic heterocycles. The van der Waals surface area contributed by atoms with Gasteiger partial charge in [0.1, 0.15) is 12.9 Å². The van der Waals surface area contributed by atoms with Gasteiger partial charge in [0.05, 0.1) is 0 Å². The molecule has 0 fully saturated rings. The molecule has 11 heavy (non-hydrogen) atoms. The maximum Gasteiger partial charge on any atom is 0.247 e. The average molecular weight is 158 g/mol. The summed E-state index contributed by atoms with van der Waals surface area (Å²) in [6.45, 7) is 3.85. The highest BCUT2D eigenvalue weighted by atomic mass is 16.7. The Morgan fingerprint density at radius 2 is 2.36 bits per heavy atom. The molecule has 0 saturated carbocycles. The molecule has 3 nitrogen and oxygen atoms in total. The molecule has 3 heteroatoms. The van der Waals surface area contributed by atoms with Gasteiger partial charge in [-0.1, -0.05) is 6.92 Å². The molecule has 1 rings (SSSR count).